The Morgan fingerprint density at radius 1 is 1.08 bits per heavy atom. The Kier molecular flexibility index (Phi) is 5.58. The third-order valence-electron chi connectivity index (χ3n) is 4.13. The molecule has 5 nitrogen and oxygen atoms in total. The van der Waals surface area contributed by atoms with Gasteiger partial charge in [0.25, 0.3) is 0 Å². The fourth-order valence-electron chi connectivity index (χ4n) is 2.94. The van der Waals surface area contributed by atoms with E-state index >= 15 is 0 Å². The fourth-order valence-corrected chi connectivity index (χ4v) is 2.94. The standard InChI is InChI=1S/C21H22O5/c1-14-8-15(9-17-10-18(13-23-2)26-21(14)17)12-25-19-7-5-4-6-16(19)11-20(22)24-3/h4-10H,11-13H2,1-3H3. The normalized spacial score (nSPS) is 10.9. The van der Waals surface area contributed by atoms with Gasteiger partial charge in [-0.05, 0) is 42.3 Å². The van der Waals surface area contributed by atoms with Crippen molar-refractivity contribution in [1.82, 2.24) is 0 Å². The number of carbonyl (C=O) groups is 1. The summed E-state index contributed by atoms with van der Waals surface area (Å²) >= 11 is 0. The molecule has 0 saturated carbocycles. The summed E-state index contributed by atoms with van der Waals surface area (Å²) in [5.41, 5.74) is 3.76. The molecular formula is C21H22O5. The lowest BCUT2D eigenvalue weighted by Gasteiger charge is -2.11. The number of carbonyl (C=O) groups excluding carboxylic acids is 1. The number of esters is 1. The van der Waals surface area contributed by atoms with Crippen LogP contribution in [-0.2, 0) is 33.9 Å². The molecule has 0 N–H and O–H groups in total. The van der Waals surface area contributed by atoms with Crippen molar-refractivity contribution in [2.45, 2.75) is 26.6 Å². The Morgan fingerprint density at radius 3 is 2.65 bits per heavy atom. The molecule has 0 bridgehead atoms. The highest BCUT2D eigenvalue weighted by molar-refractivity contribution is 5.81. The minimum atomic E-state index is -0.289. The summed E-state index contributed by atoms with van der Waals surface area (Å²) < 4.78 is 21.7. The van der Waals surface area contributed by atoms with Gasteiger partial charge in [0.15, 0.2) is 0 Å². The molecule has 0 aliphatic carbocycles. The van der Waals surface area contributed by atoms with Crippen molar-refractivity contribution in [3.8, 4) is 5.75 Å². The molecule has 136 valence electrons. The highest BCUT2D eigenvalue weighted by atomic mass is 16.5. The molecule has 0 unspecified atom stereocenters. The third kappa shape index (κ3) is 4.06. The van der Waals surface area contributed by atoms with Crippen LogP contribution >= 0.6 is 0 Å². The Balaban J connectivity index is 1.79. The van der Waals surface area contributed by atoms with Crippen LogP contribution in [0.1, 0.15) is 22.5 Å². The highest BCUT2D eigenvalue weighted by Crippen LogP contribution is 2.26. The quantitative estimate of drug-likeness (QED) is 0.596. The Bertz CT molecular complexity index is 910. The van der Waals surface area contributed by atoms with Gasteiger partial charge in [0, 0.05) is 18.1 Å². The van der Waals surface area contributed by atoms with Crippen molar-refractivity contribution in [2.75, 3.05) is 14.2 Å². The van der Waals surface area contributed by atoms with Crippen LogP contribution in [0, 0.1) is 6.92 Å². The molecule has 3 rings (SSSR count). The summed E-state index contributed by atoms with van der Waals surface area (Å²) in [7, 11) is 3.03. The Hall–Kier alpha value is -2.79. The van der Waals surface area contributed by atoms with E-state index in [-0.39, 0.29) is 12.4 Å². The molecule has 0 atom stereocenters. The number of benzene rings is 2. The number of para-hydroxylation sites is 1. The molecule has 0 aliphatic heterocycles. The summed E-state index contributed by atoms with van der Waals surface area (Å²) in [6.45, 7) is 2.86. The first kappa shape index (κ1) is 18.0. The monoisotopic (exact) mass is 354 g/mol. The highest BCUT2D eigenvalue weighted by Gasteiger charge is 2.11. The average molecular weight is 354 g/mol. The van der Waals surface area contributed by atoms with Crippen LogP contribution in [0.4, 0.5) is 0 Å². The molecule has 0 radical (unpaired) electrons. The summed E-state index contributed by atoms with van der Waals surface area (Å²) in [6.07, 6.45) is 0.187. The lowest BCUT2D eigenvalue weighted by Crippen LogP contribution is -2.06. The molecule has 5 heteroatoms. The molecule has 0 amide bonds. The first-order valence-corrected chi connectivity index (χ1v) is 8.39. The molecule has 2 aromatic carbocycles. The van der Waals surface area contributed by atoms with Crippen LogP contribution in [0.15, 0.2) is 46.9 Å². The lowest BCUT2D eigenvalue weighted by molar-refractivity contribution is -0.139. The van der Waals surface area contributed by atoms with E-state index in [1.165, 1.54) is 7.11 Å². The predicted molar refractivity (Wildman–Crippen MR) is 98.2 cm³/mol. The number of hydrogen-bond acceptors (Lipinski definition) is 5. The molecule has 0 fully saturated rings. The zero-order valence-corrected chi connectivity index (χ0v) is 15.2. The van der Waals surface area contributed by atoms with Crippen molar-refractivity contribution >= 4 is 16.9 Å². The van der Waals surface area contributed by atoms with E-state index in [4.69, 9.17) is 18.6 Å². The summed E-state index contributed by atoms with van der Waals surface area (Å²) in [5.74, 6) is 1.19. The van der Waals surface area contributed by atoms with Crippen molar-refractivity contribution in [2.24, 2.45) is 0 Å². The zero-order chi connectivity index (χ0) is 18.5. The summed E-state index contributed by atoms with van der Waals surface area (Å²) in [5, 5.41) is 1.03. The molecule has 0 aliphatic rings. The van der Waals surface area contributed by atoms with Crippen LogP contribution in [0.25, 0.3) is 11.0 Å². The number of aryl methyl sites for hydroxylation is 1. The van der Waals surface area contributed by atoms with Gasteiger partial charge < -0.3 is 18.6 Å². The second-order valence-electron chi connectivity index (χ2n) is 6.13. The van der Waals surface area contributed by atoms with Crippen LogP contribution in [0.3, 0.4) is 0 Å². The zero-order valence-electron chi connectivity index (χ0n) is 15.2. The van der Waals surface area contributed by atoms with E-state index in [2.05, 4.69) is 0 Å². The topological polar surface area (TPSA) is 57.9 Å². The first-order valence-electron chi connectivity index (χ1n) is 8.39. The minimum Gasteiger partial charge on any atom is -0.489 e. The van der Waals surface area contributed by atoms with Crippen LogP contribution in [-0.4, -0.2) is 20.2 Å². The number of ether oxygens (including phenoxy) is 3. The van der Waals surface area contributed by atoms with E-state index in [1.807, 2.05) is 49.4 Å². The van der Waals surface area contributed by atoms with Gasteiger partial charge in [0.05, 0.1) is 13.5 Å². The van der Waals surface area contributed by atoms with Crippen molar-refractivity contribution < 1.29 is 23.4 Å². The number of methoxy groups -OCH3 is 2. The van der Waals surface area contributed by atoms with E-state index in [0.29, 0.717) is 19.0 Å². The number of furan rings is 1. The van der Waals surface area contributed by atoms with Crippen molar-refractivity contribution in [3.63, 3.8) is 0 Å². The molecule has 1 aromatic heterocycles. The molecule has 0 spiro atoms. The number of rotatable bonds is 7. The van der Waals surface area contributed by atoms with Gasteiger partial charge >= 0.3 is 5.97 Å². The van der Waals surface area contributed by atoms with E-state index < -0.39 is 0 Å². The second-order valence-corrected chi connectivity index (χ2v) is 6.13. The summed E-state index contributed by atoms with van der Waals surface area (Å²) in [6, 6.07) is 13.6. The van der Waals surface area contributed by atoms with Crippen LogP contribution in [0.5, 0.6) is 5.75 Å². The van der Waals surface area contributed by atoms with Gasteiger partial charge in [0.2, 0.25) is 0 Å². The van der Waals surface area contributed by atoms with Gasteiger partial charge in [-0.2, -0.15) is 0 Å². The summed E-state index contributed by atoms with van der Waals surface area (Å²) in [4.78, 5) is 11.6. The predicted octanol–water partition coefficient (Wildman–Crippen LogP) is 4.18. The largest absolute Gasteiger partial charge is 0.489 e. The van der Waals surface area contributed by atoms with Gasteiger partial charge in [-0.1, -0.05) is 18.2 Å². The number of fused-ring (bicyclic) bond motifs is 1. The van der Waals surface area contributed by atoms with Crippen molar-refractivity contribution in [1.29, 1.82) is 0 Å². The number of hydrogen-bond donors (Lipinski definition) is 0. The second kappa shape index (κ2) is 8.06. The van der Waals surface area contributed by atoms with Crippen molar-refractivity contribution in [3.05, 3.63) is 64.9 Å². The first-order chi connectivity index (χ1) is 12.6. The minimum absolute atomic E-state index is 0.187. The average Bonchev–Trinajstić information content (AvgIpc) is 3.04. The maximum Gasteiger partial charge on any atom is 0.310 e. The van der Waals surface area contributed by atoms with Crippen LogP contribution < -0.4 is 4.74 Å². The van der Waals surface area contributed by atoms with Gasteiger partial charge in [0.1, 0.15) is 30.3 Å². The van der Waals surface area contributed by atoms with E-state index in [1.54, 1.807) is 7.11 Å². The van der Waals surface area contributed by atoms with Crippen LogP contribution in [0.2, 0.25) is 0 Å². The molecule has 3 aromatic rings. The van der Waals surface area contributed by atoms with E-state index in [9.17, 15) is 4.79 Å². The van der Waals surface area contributed by atoms with Gasteiger partial charge in [-0.15, -0.1) is 0 Å². The van der Waals surface area contributed by atoms with Gasteiger partial charge in [-0.25, -0.2) is 0 Å². The smallest absolute Gasteiger partial charge is 0.310 e. The maximum atomic E-state index is 11.6. The van der Waals surface area contributed by atoms with Gasteiger partial charge in [-0.3, -0.25) is 4.79 Å². The Morgan fingerprint density at radius 2 is 1.88 bits per heavy atom. The molecule has 0 saturated heterocycles. The fraction of sp³-hybridized carbons (Fsp3) is 0.286. The van der Waals surface area contributed by atoms with E-state index in [0.717, 1.165) is 33.4 Å². The maximum absolute atomic E-state index is 11.6. The molecule has 26 heavy (non-hydrogen) atoms. The Labute approximate surface area is 152 Å². The SMILES string of the molecule is COCc1cc2cc(COc3ccccc3CC(=O)OC)cc(C)c2o1. The third-order valence-corrected chi connectivity index (χ3v) is 4.13. The molecule has 1 heterocycles. The molecular weight excluding hydrogens is 332 g/mol. The lowest BCUT2D eigenvalue weighted by atomic mass is 10.1.